The fourth-order valence-electron chi connectivity index (χ4n) is 2.33. The third-order valence-corrected chi connectivity index (χ3v) is 3.28. The van der Waals surface area contributed by atoms with Crippen LogP contribution in [0, 0.1) is 5.92 Å². The molecule has 1 aliphatic heterocycles. The molecular formula is C12H17N5. The van der Waals surface area contributed by atoms with E-state index in [0.717, 1.165) is 18.1 Å². The molecule has 90 valence electrons. The molecule has 2 aromatic heterocycles. The molecule has 1 aliphatic rings. The van der Waals surface area contributed by atoms with Gasteiger partial charge in [-0.05, 0) is 38.1 Å². The van der Waals surface area contributed by atoms with Gasteiger partial charge in [0, 0.05) is 19.3 Å². The Morgan fingerprint density at radius 2 is 2.41 bits per heavy atom. The van der Waals surface area contributed by atoms with Crippen LogP contribution in [-0.4, -0.2) is 46.2 Å². The molecular weight excluding hydrogens is 214 g/mol. The summed E-state index contributed by atoms with van der Waals surface area (Å²) in [7, 11) is 2.17. The van der Waals surface area contributed by atoms with Crippen molar-refractivity contribution in [1.82, 2.24) is 19.5 Å². The van der Waals surface area contributed by atoms with E-state index in [4.69, 9.17) is 0 Å². The van der Waals surface area contributed by atoms with E-state index in [1.807, 2.05) is 24.4 Å². The smallest absolute Gasteiger partial charge is 0.243 e. The highest BCUT2D eigenvalue weighted by Crippen LogP contribution is 2.14. The van der Waals surface area contributed by atoms with Crippen LogP contribution in [0.4, 0.5) is 5.95 Å². The van der Waals surface area contributed by atoms with Gasteiger partial charge in [-0.2, -0.15) is 4.98 Å². The van der Waals surface area contributed by atoms with Gasteiger partial charge in [0.2, 0.25) is 5.95 Å². The SMILES string of the molecule is CN1CCC(CNc2nc3ccccn3n2)C1. The van der Waals surface area contributed by atoms with Crippen LogP contribution in [0.5, 0.6) is 0 Å². The Balaban J connectivity index is 1.65. The van der Waals surface area contributed by atoms with Gasteiger partial charge in [-0.25, -0.2) is 4.52 Å². The molecule has 0 bridgehead atoms. The number of likely N-dealkylation sites (tertiary alicyclic amines) is 1. The summed E-state index contributed by atoms with van der Waals surface area (Å²) < 4.78 is 1.79. The van der Waals surface area contributed by atoms with Crippen LogP contribution in [0.1, 0.15) is 6.42 Å². The van der Waals surface area contributed by atoms with Gasteiger partial charge in [-0.1, -0.05) is 6.07 Å². The van der Waals surface area contributed by atoms with Crippen LogP contribution in [0.3, 0.4) is 0 Å². The van der Waals surface area contributed by atoms with E-state index in [2.05, 4.69) is 27.3 Å². The van der Waals surface area contributed by atoms with Gasteiger partial charge in [0.05, 0.1) is 0 Å². The maximum atomic E-state index is 4.42. The molecule has 3 rings (SSSR count). The number of nitrogens with one attached hydrogen (secondary N) is 1. The fourth-order valence-corrected chi connectivity index (χ4v) is 2.33. The molecule has 0 radical (unpaired) electrons. The van der Waals surface area contributed by atoms with E-state index in [9.17, 15) is 0 Å². The Kier molecular flexibility index (Phi) is 2.68. The summed E-state index contributed by atoms with van der Waals surface area (Å²) in [5.74, 6) is 1.44. The molecule has 0 amide bonds. The second-order valence-corrected chi connectivity index (χ2v) is 4.74. The van der Waals surface area contributed by atoms with Gasteiger partial charge in [-0.3, -0.25) is 0 Å². The molecule has 0 aliphatic carbocycles. The topological polar surface area (TPSA) is 45.5 Å². The summed E-state index contributed by atoms with van der Waals surface area (Å²) in [5, 5.41) is 7.70. The summed E-state index contributed by atoms with van der Waals surface area (Å²) in [5.41, 5.74) is 0.888. The molecule has 1 atom stereocenters. The van der Waals surface area contributed by atoms with E-state index < -0.39 is 0 Å². The quantitative estimate of drug-likeness (QED) is 0.859. The summed E-state index contributed by atoms with van der Waals surface area (Å²) in [4.78, 5) is 6.78. The van der Waals surface area contributed by atoms with Crippen LogP contribution < -0.4 is 5.32 Å². The van der Waals surface area contributed by atoms with Crippen molar-refractivity contribution >= 4 is 11.6 Å². The number of aromatic nitrogens is 3. The van der Waals surface area contributed by atoms with Crippen molar-refractivity contribution in [3.8, 4) is 0 Å². The Morgan fingerprint density at radius 3 is 3.18 bits per heavy atom. The molecule has 5 nitrogen and oxygen atoms in total. The average Bonchev–Trinajstić information content (AvgIpc) is 2.91. The minimum Gasteiger partial charge on any atom is -0.353 e. The van der Waals surface area contributed by atoms with Crippen molar-refractivity contribution in [3.05, 3.63) is 24.4 Å². The molecule has 0 aromatic carbocycles. The van der Waals surface area contributed by atoms with Crippen molar-refractivity contribution in [2.45, 2.75) is 6.42 Å². The first-order valence-corrected chi connectivity index (χ1v) is 6.05. The van der Waals surface area contributed by atoms with Crippen molar-refractivity contribution in [3.63, 3.8) is 0 Å². The molecule has 3 heterocycles. The molecule has 0 spiro atoms. The van der Waals surface area contributed by atoms with Crippen molar-refractivity contribution in [1.29, 1.82) is 0 Å². The maximum Gasteiger partial charge on any atom is 0.243 e. The lowest BCUT2D eigenvalue weighted by molar-refractivity contribution is 0.399. The molecule has 17 heavy (non-hydrogen) atoms. The number of anilines is 1. The number of pyridine rings is 1. The van der Waals surface area contributed by atoms with E-state index in [1.54, 1.807) is 4.52 Å². The maximum absolute atomic E-state index is 4.42. The third kappa shape index (κ3) is 2.24. The van der Waals surface area contributed by atoms with Gasteiger partial charge in [0.25, 0.3) is 0 Å². The van der Waals surface area contributed by atoms with E-state index >= 15 is 0 Å². The summed E-state index contributed by atoms with van der Waals surface area (Å²) in [6, 6.07) is 5.89. The highest BCUT2D eigenvalue weighted by Gasteiger charge is 2.19. The molecule has 1 unspecified atom stereocenters. The zero-order chi connectivity index (χ0) is 11.7. The summed E-state index contributed by atoms with van der Waals surface area (Å²) in [6.07, 6.45) is 3.17. The number of rotatable bonds is 3. The summed E-state index contributed by atoms with van der Waals surface area (Å²) in [6.45, 7) is 3.33. The van der Waals surface area contributed by atoms with Gasteiger partial charge in [0.15, 0.2) is 5.65 Å². The second kappa shape index (κ2) is 4.33. The predicted octanol–water partition coefficient (Wildman–Crippen LogP) is 1.09. The van der Waals surface area contributed by atoms with Crippen LogP contribution in [0.15, 0.2) is 24.4 Å². The van der Waals surface area contributed by atoms with Crippen molar-refractivity contribution < 1.29 is 0 Å². The zero-order valence-electron chi connectivity index (χ0n) is 10.0. The fraction of sp³-hybridized carbons (Fsp3) is 0.500. The normalized spacial score (nSPS) is 21.1. The third-order valence-electron chi connectivity index (χ3n) is 3.28. The Morgan fingerprint density at radius 1 is 1.47 bits per heavy atom. The van der Waals surface area contributed by atoms with Gasteiger partial charge < -0.3 is 10.2 Å². The van der Waals surface area contributed by atoms with Crippen LogP contribution in [0.2, 0.25) is 0 Å². The monoisotopic (exact) mass is 231 g/mol. The zero-order valence-corrected chi connectivity index (χ0v) is 10.0. The van der Waals surface area contributed by atoms with Crippen molar-refractivity contribution in [2.24, 2.45) is 5.92 Å². The van der Waals surface area contributed by atoms with E-state index in [0.29, 0.717) is 5.92 Å². The second-order valence-electron chi connectivity index (χ2n) is 4.74. The number of hydrogen-bond acceptors (Lipinski definition) is 4. The summed E-state index contributed by atoms with van der Waals surface area (Å²) >= 11 is 0. The van der Waals surface area contributed by atoms with Crippen LogP contribution >= 0.6 is 0 Å². The lowest BCUT2D eigenvalue weighted by Crippen LogP contribution is -2.19. The first kappa shape index (κ1) is 10.5. The van der Waals surface area contributed by atoms with E-state index in [1.165, 1.54) is 19.5 Å². The molecule has 0 saturated carbocycles. The predicted molar refractivity (Wildman–Crippen MR) is 67.1 cm³/mol. The average molecular weight is 231 g/mol. The first-order chi connectivity index (χ1) is 8.31. The Bertz CT molecular complexity index is 473. The molecule has 1 fully saturated rings. The van der Waals surface area contributed by atoms with Gasteiger partial charge in [-0.15, -0.1) is 5.10 Å². The lowest BCUT2D eigenvalue weighted by atomic mass is 10.1. The number of nitrogens with zero attached hydrogens (tertiary/aromatic N) is 4. The molecule has 2 aromatic rings. The Hall–Kier alpha value is -1.62. The standard InChI is InChI=1S/C12H17N5/c1-16-7-5-10(9-16)8-13-12-14-11-4-2-3-6-17(11)15-12/h2-4,6,10H,5,7-9H2,1H3,(H,13,15). The van der Waals surface area contributed by atoms with Crippen LogP contribution in [0.25, 0.3) is 5.65 Å². The largest absolute Gasteiger partial charge is 0.353 e. The van der Waals surface area contributed by atoms with Gasteiger partial charge in [0.1, 0.15) is 0 Å². The van der Waals surface area contributed by atoms with Crippen LogP contribution in [-0.2, 0) is 0 Å². The minimum absolute atomic E-state index is 0.714. The first-order valence-electron chi connectivity index (χ1n) is 6.05. The number of hydrogen-bond donors (Lipinski definition) is 1. The molecule has 5 heteroatoms. The highest BCUT2D eigenvalue weighted by atomic mass is 15.3. The molecule has 1 saturated heterocycles. The van der Waals surface area contributed by atoms with Crippen molar-refractivity contribution in [2.75, 3.05) is 32.0 Å². The van der Waals surface area contributed by atoms with Gasteiger partial charge >= 0.3 is 0 Å². The molecule has 1 N–H and O–H groups in total. The minimum atomic E-state index is 0.714. The highest BCUT2D eigenvalue weighted by molar-refractivity contribution is 5.42. The lowest BCUT2D eigenvalue weighted by Gasteiger charge is -2.09. The number of fused-ring (bicyclic) bond motifs is 1. The Labute approximate surface area is 100 Å². The van der Waals surface area contributed by atoms with E-state index in [-0.39, 0.29) is 0 Å².